The van der Waals surface area contributed by atoms with E-state index in [4.69, 9.17) is 9.72 Å². The van der Waals surface area contributed by atoms with E-state index in [0.717, 1.165) is 22.0 Å². The Morgan fingerprint density at radius 1 is 1.03 bits per heavy atom. The SMILES string of the molecule is Cc1cccc2cc3c(NCc4ccccc4)ncc(S(=O)(=O)N4CCOCC4)c3nc12. The third-order valence-corrected chi connectivity index (χ3v) is 7.64. The highest BCUT2D eigenvalue weighted by Crippen LogP contribution is 2.32. The molecule has 1 saturated heterocycles. The van der Waals surface area contributed by atoms with Crippen molar-refractivity contribution >= 4 is 37.6 Å². The van der Waals surface area contributed by atoms with Crippen LogP contribution in [0.15, 0.2) is 65.7 Å². The summed E-state index contributed by atoms with van der Waals surface area (Å²) in [5.41, 5.74) is 3.33. The van der Waals surface area contributed by atoms with Gasteiger partial charge in [-0.2, -0.15) is 4.31 Å². The Morgan fingerprint density at radius 3 is 2.59 bits per heavy atom. The van der Waals surface area contributed by atoms with Crippen molar-refractivity contribution in [3.05, 3.63) is 71.9 Å². The van der Waals surface area contributed by atoms with Crippen LogP contribution in [0.1, 0.15) is 11.1 Å². The zero-order chi connectivity index (χ0) is 22.1. The summed E-state index contributed by atoms with van der Waals surface area (Å²) in [6.07, 6.45) is 1.43. The molecule has 4 aromatic rings. The molecule has 1 fully saturated rings. The van der Waals surface area contributed by atoms with Crippen molar-refractivity contribution in [2.24, 2.45) is 0 Å². The molecule has 1 aliphatic heterocycles. The molecule has 3 heterocycles. The van der Waals surface area contributed by atoms with Crippen LogP contribution in [0.3, 0.4) is 0 Å². The number of aryl methyl sites for hydroxylation is 1. The predicted octanol–water partition coefficient (Wildman–Crippen LogP) is 3.72. The Morgan fingerprint density at radius 2 is 1.81 bits per heavy atom. The van der Waals surface area contributed by atoms with Crippen molar-refractivity contribution in [1.82, 2.24) is 14.3 Å². The lowest BCUT2D eigenvalue weighted by atomic mass is 10.1. The molecule has 0 radical (unpaired) electrons. The van der Waals surface area contributed by atoms with Gasteiger partial charge >= 0.3 is 0 Å². The second-order valence-electron chi connectivity index (χ2n) is 7.86. The van der Waals surface area contributed by atoms with Gasteiger partial charge < -0.3 is 10.1 Å². The van der Waals surface area contributed by atoms with E-state index in [1.54, 1.807) is 0 Å². The fourth-order valence-electron chi connectivity index (χ4n) is 4.01. The van der Waals surface area contributed by atoms with Crippen molar-refractivity contribution in [2.45, 2.75) is 18.4 Å². The molecule has 0 saturated carbocycles. The first-order chi connectivity index (χ1) is 15.5. The highest BCUT2D eigenvalue weighted by molar-refractivity contribution is 7.89. The number of rotatable bonds is 5. The molecule has 164 valence electrons. The minimum atomic E-state index is -3.75. The van der Waals surface area contributed by atoms with Gasteiger partial charge in [0.1, 0.15) is 10.7 Å². The third kappa shape index (κ3) is 3.81. The summed E-state index contributed by atoms with van der Waals surface area (Å²) in [6.45, 7) is 3.97. The molecule has 2 aromatic heterocycles. The van der Waals surface area contributed by atoms with Gasteiger partial charge in [0.15, 0.2) is 0 Å². The van der Waals surface area contributed by atoms with Crippen LogP contribution < -0.4 is 5.32 Å². The van der Waals surface area contributed by atoms with Crippen LogP contribution in [0.2, 0.25) is 0 Å². The number of hydrogen-bond donors (Lipinski definition) is 1. The zero-order valence-electron chi connectivity index (χ0n) is 17.8. The van der Waals surface area contributed by atoms with E-state index < -0.39 is 10.0 Å². The number of para-hydroxylation sites is 1. The number of morpholine rings is 1. The molecular weight excluding hydrogens is 424 g/mol. The van der Waals surface area contributed by atoms with E-state index in [1.165, 1.54) is 10.5 Å². The van der Waals surface area contributed by atoms with Crippen LogP contribution in [0.4, 0.5) is 5.82 Å². The normalized spacial score (nSPS) is 15.3. The lowest BCUT2D eigenvalue weighted by Gasteiger charge is -2.26. The number of anilines is 1. The molecular formula is C24H24N4O3S. The lowest BCUT2D eigenvalue weighted by Crippen LogP contribution is -2.40. The number of fused-ring (bicyclic) bond motifs is 2. The van der Waals surface area contributed by atoms with Crippen LogP contribution in [0, 0.1) is 6.92 Å². The Labute approximate surface area is 187 Å². The summed E-state index contributed by atoms with van der Waals surface area (Å²) in [4.78, 5) is 9.49. The number of pyridine rings is 2. The molecule has 2 aromatic carbocycles. The topological polar surface area (TPSA) is 84.4 Å². The average Bonchev–Trinajstić information content (AvgIpc) is 2.83. The Kier molecular flexibility index (Phi) is 5.50. The fraction of sp³-hybridized carbons (Fsp3) is 0.250. The molecule has 0 bridgehead atoms. The maximum Gasteiger partial charge on any atom is 0.246 e. The zero-order valence-corrected chi connectivity index (χ0v) is 18.6. The van der Waals surface area contributed by atoms with E-state index in [9.17, 15) is 8.42 Å². The maximum absolute atomic E-state index is 13.5. The van der Waals surface area contributed by atoms with E-state index >= 15 is 0 Å². The lowest BCUT2D eigenvalue weighted by molar-refractivity contribution is 0.0730. The van der Waals surface area contributed by atoms with Crippen molar-refractivity contribution in [2.75, 3.05) is 31.6 Å². The van der Waals surface area contributed by atoms with Gasteiger partial charge in [-0.3, -0.25) is 0 Å². The number of hydrogen-bond acceptors (Lipinski definition) is 6. The quantitative estimate of drug-likeness (QED) is 0.469. The maximum atomic E-state index is 13.5. The van der Waals surface area contributed by atoms with Gasteiger partial charge in [-0.25, -0.2) is 18.4 Å². The smallest absolute Gasteiger partial charge is 0.246 e. The fourth-order valence-corrected chi connectivity index (χ4v) is 5.50. The molecule has 0 aliphatic carbocycles. The van der Waals surface area contributed by atoms with Gasteiger partial charge in [-0.1, -0.05) is 48.5 Å². The van der Waals surface area contributed by atoms with Crippen LogP contribution in [0.25, 0.3) is 21.8 Å². The molecule has 1 N–H and O–H groups in total. The predicted molar refractivity (Wildman–Crippen MR) is 125 cm³/mol. The Bertz CT molecular complexity index is 1390. The average molecular weight is 449 g/mol. The first-order valence-electron chi connectivity index (χ1n) is 10.6. The number of benzene rings is 2. The van der Waals surface area contributed by atoms with E-state index in [-0.39, 0.29) is 4.90 Å². The van der Waals surface area contributed by atoms with E-state index in [1.807, 2.05) is 61.5 Å². The van der Waals surface area contributed by atoms with Gasteiger partial charge in [0.2, 0.25) is 10.0 Å². The van der Waals surface area contributed by atoms with Crippen molar-refractivity contribution in [1.29, 1.82) is 0 Å². The molecule has 32 heavy (non-hydrogen) atoms. The first-order valence-corrected chi connectivity index (χ1v) is 12.0. The number of aromatic nitrogens is 2. The van der Waals surface area contributed by atoms with Crippen LogP contribution in [-0.4, -0.2) is 49.0 Å². The summed E-state index contributed by atoms with van der Waals surface area (Å²) in [7, 11) is -3.75. The van der Waals surface area contributed by atoms with Gasteiger partial charge in [0, 0.05) is 30.4 Å². The van der Waals surface area contributed by atoms with Crippen molar-refractivity contribution in [3.8, 4) is 0 Å². The molecule has 0 atom stereocenters. The summed E-state index contributed by atoms with van der Waals surface area (Å²) < 4.78 is 33.8. The monoisotopic (exact) mass is 448 g/mol. The van der Waals surface area contributed by atoms with Crippen LogP contribution in [0.5, 0.6) is 0 Å². The summed E-state index contributed by atoms with van der Waals surface area (Å²) in [6, 6.07) is 17.9. The minimum absolute atomic E-state index is 0.129. The second-order valence-corrected chi connectivity index (χ2v) is 9.76. The first kappa shape index (κ1) is 20.8. The summed E-state index contributed by atoms with van der Waals surface area (Å²) >= 11 is 0. The third-order valence-electron chi connectivity index (χ3n) is 5.74. The Hall–Kier alpha value is -3.07. The Balaban J connectivity index is 1.67. The van der Waals surface area contributed by atoms with Gasteiger partial charge in [0.25, 0.3) is 0 Å². The van der Waals surface area contributed by atoms with Gasteiger partial charge in [0.05, 0.1) is 30.4 Å². The van der Waals surface area contributed by atoms with E-state index in [0.29, 0.717) is 49.6 Å². The highest BCUT2D eigenvalue weighted by atomic mass is 32.2. The van der Waals surface area contributed by atoms with Crippen molar-refractivity contribution in [3.63, 3.8) is 0 Å². The highest BCUT2D eigenvalue weighted by Gasteiger charge is 2.30. The van der Waals surface area contributed by atoms with Crippen LogP contribution >= 0.6 is 0 Å². The molecule has 1 aliphatic rings. The van der Waals surface area contributed by atoms with Crippen molar-refractivity contribution < 1.29 is 13.2 Å². The summed E-state index contributed by atoms with van der Waals surface area (Å²) in [5.74, 6) is 0.612. The summed E-state index contributed by atoms with van der Waals surface area (Å²) in [5, 5.41) is 5.00. The number of ether oxygens (including phenoxy) is 1. The van der Waals surface area contributed by atoms with Gasteiger partial charge in [-0.05, 0) is 24.1 Å². The second kappa shape index (κ2) is 8.46. The van der Waals surface area contributed by atoms with E-state index in [2.05, 4.69) is 10.3 Å². The number of nitrogens with zero attached hydrogens (tertiary/aromatic N) is 3. The molecule has 0 unspecified atom stereocenters. The molecule has 7 nitrogen and oxygen atoms in total. The van der Waals surface area contributed by atoms with Gasteiger partial charge in [-0.15, -0.1) is 0 Å². The molecule has 5 rings (SSSR count). The largest absolute Gasteiger partial charge is 0.379 e. The molecule has 8 heteroatoms. The number of nitrogens with one attached hydrogen (secondary N) is 1. The molecule has 0 spiro atoms. The molecule has 0 amide bonds. The standard InChI is InChI=1S/C24H24N4O3S/c1-17-6-5-9-19-14-20-23(27-22(17)19)21(32(29,30)28-10-12-31-13-11-28)16-26-24(20)25-15-18-7-3-2-4-8-18/h2-9,14,16H,10-13,15H2,1H3,(H,25,26). The number of sulfonamides is 1. The minimum Gasteiger partial charge on any atom is -0.379 e. The van der Waals surface area contributed by atoms with Crippen LogP contribution in [-0.2, 0) is 21.3 Å².